The van der Waals surface area contributed by atoms with Crippen molar-refractivity contribution in [2.75, 3.05) is 6.61 Å². The second-order valence-electron chi connectivity index (χ2n) is 5.91. The van der Waals surface area contributed by atoms with E-state index in [0.717, 1.165) is 24.1 Å². The SMILES string of the molecule is Cc1nccc(CNC(=O)NC2CCOC(c3ccccc3)C2)n1. The zero-order valence-electron chi connectivity index (χ0n) is 13.7. The van der Waals surface area contributed by atoms with Gasteiger partial charge in [-0.3, -0.25) is 0 Å². The zero-order chi connectivity index (χ0) is 16.8. The molecule has 0 aliphatic carbocycles. The molecule has 1 aliphatic rings. The predicted octanol–water partition coefficient (Wildman–Crippen LogP) is 2.50. The average molecular weight is 326 g/mol. The summed E-state index contributed by atoms with van der Waals surface area (Å²) in [6, 6.07) is 11.9. The molecule has 126 valence electrons. The molecule has 2 amide bonds. The van der Waals surface area contributed by atoms with E-state index in [1.165, 1.54) is 0 Å². The Kier molecular flexibility index (Phi) is 5.38. The van der Waals surface area contributed by atoms with Crippen LogP contribution in [0.5, 0.6) is 0 Å². The van der Waals surface area contributed by atoms with Crippen molar-refractivity contribution in [3.63, 3.8) is 0 Å². The van der Waals surface area contributed by atoms with E-state index in [2.05, 4.69) is 32.7 Å². The highest BCUT2D eigenvalue weighted by atomic mass is 16.5. The third-order valence-electron chi connectivity index (χ3n) is 4.05. The molecule has 6 nitrogen and oxygen atoms in total. The van der Waals surface area contributed by atoms with Crippen molar-refractivity contribution in [2.24, 2.45) is 0 Å². The van der Waals surface area contributed by atoms with E-state index >= 15 is 0 Å². The van der Waals surface area contributed by atoms with Crippen molar-refractivity contribution < 1.29 is 9.53 Å². The lowest BCUT2D eigenvalue weighted by atomic mass is 9.97. The number of rotatable bonds is 4. The smallest absolute Gasteiger partial charge is 0.315 e. The molecular weight excluding hydrogens is 304 g/mol. The van der Waals surface area contributed by atoms with Crippen LogP contribution < -0.4 is 10.6 Å². The first-order chi connectivity index (χ1) is 11.7. The Morgan fingerprint density at radius 1 is 1.29 bits per heavy atom. The van der Waals surface area contributed by atoms with E-state index < -0.39 is 0 Å². The van der Waals surface area contributed by atoms with Crippen LogP contribution in [0.25, 0.3) is 0 Å². The van der Waals surface area contributed by atoms with Crippen molar-refractivity contribution in [1.82, 2.24) is 20.6 Å². The monoisotopic (exact) mass is 326 g/mol. The highest BCUT2D eigenvalue weighted by molar-refractivity contribution is 5.74. The number of aromatic nitrogens is 2. The zero-order valence-corrected chi connectivity index (χ0v) is 13.7. The number of nitrogens with one attached hydrogen (secondary N) is 2. The number of hydrogen-bond acceptors (Lipinski definition) is 4. The quantitative estimate of drug-likeness (QED) is 0.905. The maximum absolute atomic E-state index is 12.1. The van der Waals surface area contributed by atoms with Crippen LogP contribution in [-0.2, 0) is 11.3 Å². The largest absolute Gasteiger partial charge is 0.373 e. The van der Waals surface area contributed by atoms with Gasteiger partial charge in [-0.15, -0.1) is 0 Å². The normalized spacial score (nSPS) is 20.4. The van der Waals surface area contributed by atoms with Crippen LogP contribution in [0.15, 0.2) is 42.6 Å². The van der Waals surface area contributed by atoms with Crippen molar-refractivity contribution >= 4 is 6.03 Å². The summed E-state index contributed by atoms with van der Waals surface area (Å²) in [4.78, 5) is 20.4. The summed E-state index contributed by atoms with van der Waals surface area (Å²) in [5.74, 6) is 0.699. The topological polar surface area (TPSA) is 76.1 Å². The Morgan fingerprint density at radius 2 is 2.12 bits per heavy atom. The van der Waals surface area contributed by atoms with Gasteiger partial charge in [0.2, 0.25) is 0 Å². The molecule has 3 rings (SSSR count). The van der Waals surface area contributed by atoms with Gasteiger partial charge in [0.05, 0.1) is 18.3 Å². The Hall–Kier alpha value is -2.47. The molecule has 1 aliphatic heterocycles. The summed E-state index contributed by atoms with van der Waals surface area (Å²) >= 11 is 0. The summed E-state index contributed by atoms with van der Waals surface area (Å²) in [5, 5.41) is 5.88. The molecule has 0 saturated carbocycles. The minimum absolute atomic E-state index is 0.0368. The molecule has 2 heterocycles. The molecule has 1 saturated heterocycles. The Labute approximate surface area is 141 Å². The third-order valence-corrected chi connectivity index (χ3v) is 4.05. The van der Waals surface area contributed by atoms with Gasteiger partial charge in [-0.2, -0.15) is 0 Å². The number of ether oxygens (including phenoxy) is 1. The second kappa shape index (κ2) is 7.88. The minimum atomic E-state index is -0.176. The van der Waals surface area contributed by atoms with Gasteiger partial charge in [-0.1, -0.05) is 30.3 Å². The first-order valence-electron chi connectivity index (χ1n) is 8.20. The van der Waals surface area contributed by atoms with Crippen molar-refractivity contribution in [1.29, 1.82) is 0 Å². The van der Waals surface area contributed by atoms with Gasteiger partial charge in [0, 0.05) is 18.8 Å². The number of benzene rings is 1. The number of urea groups is 1. The van der Waals surface area contributed by atoms with Gasteiger partial charge in [-0.05, 0) is 31.4 Å². The van der Waals surface area contributed by atoms with E-state index in [1.54, 1.807) is 12.3 Å². The van der Waals surface area contributed by atoms with Crippen LogP contribution >= 0.6 is 0 Å². The number of carbonyl (C=O) groups excluding carboxylic acids is 1. The lowest BCUT2D eigenvalue weighted by Crippen LogP contribution is -2.44. The summed E-state index contributed by atoms with van der Waals surface area (Å²) in [5.41, 5.74) is 1.95. The second-order valence-corrected chi connectivity index (χ2v) is 5.91. The van der Waals surface area contributed by atoms with Crippen LogP contribution in [0.4, 0.5) is 4.79 Å². The molecule has 24 heavy (non-hydrogen) atoms. The highest BCUT2D eigenvalue weighted by Gasteiger charge is 2.24. The average Bonchev–Trinajstić information content (AvgIpc) is 2.61. The van der Waals surface area contributed by atoms with Gasteiger partial charge in [0.15, 0.2) is 0 Å². The molecule has 2 N–H and O–H groups in total. The molecule has 2 atom stereocenters. The molecular formula is C18H22N4O2. The van der Waals surface area contributed by atoms with Gasteiger partial charge in [-0.25, -0.2) is 14.8 Å². The lowest BCUT2D eigenvalue weighted by Gasteiger charge is -2.30. The van der Waals surface area contributed by atoms with Crippen LogP contribution in [0, 0.1) is 6.92 Å². The van der Waals surface area contributed by atoms with Gasteiger partial charge >= 0.3 is 6.03 Å². The van der Waals surface area contributed by atoms with Gasteiger partial charge in [0.25, 0.3) is 0 Å². The molecule has 1 fully saturated rings. The fourth-order valence-electron chi connectivity index (χ4n) is 2.84. The molecule has 0 spiro atoms. The van der Waals surface area contributed by atoms with Crippen LogP contribution in [0.2, 0.25) is 0 Å². The highest BCUT2D eigenvalue weighted by Crippen LogP contribution is 2.27. The molecule has 1 aromatic heterocycles. The molecule has 2 unspecified atom stereocenters. The van der Waals surface area contributed by atoms with Crippen molar-refractivity contribution in [2.45, 2.75) is 38.5 Å². The first kappa shape index (κ1) is 16.4. The number of amides is 2. The number of carbonyl (C=O) groups is 1. The fraction of sp³-hybridized carbons (Fsp3) is 0.389. The molecule has 6 heteroatoms. The van der Waals surface area contributed by atoms with Crippen molar-refractivity contribution in [3.8, 4) is 0 Å². The maximum atomic E-state index is 12.1. The van der Waals surface area contributed by atoms with Crippen LogP contribution in [0.1, 0.15) is 36.0 Å². The van der Waals surface area contributed by atoms with Crippen LogP contribution in [-0.4, -0.2) is 28.6 Å². The molecule has 1 aromatic carbocycles. The molecule has 0 bridgehead atoms. The summed E-state index contributed by atoms with van der Waals surface area (Å²) in [7, 11) is 0. The minimum Gasteiger partial charge on any atom is -0.373 e. The van der Waals surface area contributed by atoms with Crippen LogP contribution in [0.3, 0.4) is 0 Å². The predicted molar refractivity (Wildman–Crippen MR) is 90.3 cm³/mol. The van der Waals surface area contributed by atoms with E-state index in [9.17, 15) is 4.79 Å². The number of nitrogens with zero attached hydrogens (tertiary/aromatic N) is 2. The molecule has 2 aromatic rings. The molecule has 0 radical (unpaired) electrons. The number of aryl methyl sites for hydroxylation is 1. The Balaban J connectivity index is 1.49. The fourth-order valence-corrected chi connectivity index (χ4v) is 2.84. The standard InChI is InChI=1S/C18H22N4O2/c1-13-19-9-7-16(21-13)12-20-18(23)22-15-8-10-24-17(11-15)14-5-3-2-4-6-14/h2-7,9,15,17H,8,10-12H2,1H3,(H2,20,22,23). The van der Waals surface area contributed by atoms with Gasteiger partial charge < -0.3 is 15.4 Å². The summed E-state index contributed by atoms with van der Waals surface area (Å²) in [6.45, 7) is 2.87. The Morgan fingerprint density at radius 3 is 2.92 bits per heavy atom. The van der Waals surface area contributed by atoms with E-state index in [-0.39, 0.29) is 18.2 Å². The Bertz CT molecular complexity index is 678. The van der Waals surface area contributed by atoms with E-state index in [1.807, 2.05) is 25.1 Å². The maximum Gasteiger partial charge on any atom is 0.315 e. The van der Waals surface area contributed by atoms with Crippen molar-refractivity contribution in [3.05, 3.63) is 59.7 Å². The third kappa shape index (κ3) is 4.52. The first-order valence-corrected chi connectivity index (χ1v) is 8.20. The summed E-state index contributed by atoms with van der Waals surface area (Å²) < 4.78 is 5.83. The summed E-state index contributed by atoms with van der Waals surface area (Å²) in [6.07, 6.45) is 3.34. The lowest BCUT2D eigenvalue weighted by molar-refractivity contribution is 0.00225. The van der Waals surface area contributed by atoms with E-state index in [4.69, 9.17) is 4.74 Å². The van der Waals surface area contributed by atoms with E-state index in [0.29, 0.717) is 19.0 Å². The van der Waals surface area contributed by atoms with Gasteiger partial charge in [0.1, 0.15) is 5.82 Å². The number of hydrogen-bond donors (Lipinski definition) is 2.